The van der Waals surface area contributed by atoms with Crippen LogP contribution < -0.4 is 16.0 Å². The van der Waals surface area contributed by atoms with Crippen molar-refractivity contribution in [3.8, 4) is 0 Å². The highest BCUT2D eigenvalue weighted by molar-refractivity contribution is 5.64. The van der Waals surface area contributed by atoms with Crippen molar-refractivity contribution < 1.29 is 4.39 Å². The van der Waals surface area contributed by atoms with Gasteiger partial charge in [-0.1, -0.05) is 0 Å². The lowest BCUT2D eigenvalue weighted by molar-refractivity contribution is 0.632. The predicted molar refractivity (Wildman–Crippen MR) is 84.1 cm³/mol. The van der Waals surface area contributed by atoms with Crippen molar-refractivity contribution in [2.45, 2.75) is 13.8 Å². The maximum Gasteiger partial charge on any atom is 0.148 e. The molecule has 0 aliphatic carbocycles. The lowest BCUT2D eigenvalue weighted by atomic mass is 10.2. The molecule has 4 heteroatoms. The molecular weight excluding hydrogens is 253 g/mol. The third kappa shape index (κ3) is 3.20. The fraction of sp³-hybridized carbons (Fsp3) is 0.250. The summed E-state index contributed by atoms with van der Waals surface area (Å²) in [7, 11) is 0. The smallest absolute Gasteiger partial charge is 0.148 e. The molecule has 20 heavy (non-hydrogen) atoms. The number of halogens is 1. The summed E-state index contributed by atoms with van der Waals surface area (Å²) in [5, 5.41) is 3.05. The summed E-state index contributed by atoms with van der Waals surface area (Å²) in [6.07, 6.45) is 0. The van der Waals surface area contributed by atoms with Crippen LogP contribution in [0.2, 0.25) is 0 Å². The average Bonchev–Trinajstić information content (AvgIpc) is 2.45. The third-order valence-electron chi connectivity index (χ3n) is 3.27. The normalized spacial score (nSPS) is 10.3. The lowest BCUT2D eigenvalue weighted by Gasteiger charge is -2.21. The van der Waals surface area contributed by atoms with Crippen LogP contribution in [0.5, 0.6) is 0 Å². The van der Waals surface area contributed by atoms with Gasteiger partial charge in [0.2, 0.25) is 0 Å². The summed E-state index contributed by atoms with van der Waals surface area (Å²) < 4.78 is 13.7. The molecule has 0 spiro atoms. The Morgan fingerprint density at radius 1 is 1.05 bits per heavy atom. The molecule has 0 aromatic heterocycles. The largest absolute Gasteiger partial charge is 0.399 e. The first-order valence-corrected chi connectivity index (χ1v) is 6.81. The standard InChI is InChI=1S/C16H20FN3/c1-3-20(4-2)14-8-6-13(7-9-14)19-16-10-5-12(18)11-15(16)17/h5-11,19H,3-4,18H2,1-2H3. The molecule has 0 aliphatic rings. The molecule has 2 aromatic rings. The second-order valence-electron chi connectivity index (χ2n) is 4.58. The van der Waals surface area contributed by atoms with Crippen LogP contribution in [-0.4, -0.2) is 13.1 Å². The zero-order valence-corrected chi connectivity index (χ0v) is 11.9. The Morgan fingerprint density at radius 3 is 2.25 bits per heavy atom. The summed E-state index contributed by atoms with van der Waals surface area (Å²) in [6, 6.07) is 12.6. The highest BCUT2D eigenvalue weighted by Gasteiger charge is 2.04. The Labute approximate surface area is 119 Å². The van der Waals surface area contributed by atoms with Crippen molar-refractivity contribution in [3.63, 3.8) is 0 Å². The van der Waals surface area contributed by atoms with E-state index >= 15 is 0 Å². The SMILES string of the molecule is CCN(CC)c1ccc(Nc2ccc(N)cc2F)cc1. The molecule has 0 saturated heterocycles. The van der Waals surface area contributed by atoms with E-state index in [1.807, 2.05) is 24.3 Å². The Kier molecular flexibility index (Phi) is 4.45. The van der Waals surface area contributed by atoms with Crippen molar-refractivity contribution in [1.29, 1.82) is 0 Å². The second kappa shape index (κ2) is 6.28. The molecule has 0 amide bonds. The third-order valence-corrected chi connectivity index (χ3v) is 3.27. The molecule has 0 bridgehead atoms. The summed E-state index contributed by atoms with van der Waals surface area (Å²) in [5.74, 6) is -0.349. The average molecular weight is 273 g/mol. The maximum atomic E-state index is 13.7. The number of benzene rings is 2. The predicted octanol–water partition coefficient (Wildman–Crippen LogP) is 4.00. The van der Waals surface area contributed by atoms with Gasteiger partial charge in [-0.25, -0.2) is 4.39 Å². The maximum absolute atomic E-state index is 13.7. The van der Waals surface area contributed by atoms with Crippen molar-refractivity contribution in [2.24, 2.45) is 0 Å². The van der Waals surface area contributed by atoms with Crippen LogP contribution in [0.25, 0.3) is 0 Å². The Bertz CT molecular complexity index is 562. The quantitative estimate of drug-likeness (QED) is 0.809. The highest BCUT2D eigenvalue weighted by atomic mass is 19.1. The van der Waals surface area contributed by atoms with Gasteiger partial charge in [0.25, 0.3) is 0 Å². The first-order chi connectivity index (χ1) is 9.63. The van der Waals surface area contributed by atoms with Gasteiger partial charge in [-0.2, -0.15) is 0 Å². The van der Waals surface area contributed by atoms with Crippen molar-refractivity contribution in [1.82, 2.24) is 0 Å². The van der Waals surface area contributed by atoms with E-state index < -0.39 is 0 Å². The van der Waals surface area contributed by atoms with Gasteiger partial charge in [-0.3, -0.25) is 0 Å². The molecule has 106 valence electrons. The molecular formula is C16H20FN3. The van der Waals surface area contributed by atoms with E-state index in [0.29, 0.717) is 11.4 Å². The van der Waals surface area contributed by atoms with E-state index in [0.717, 1.165) is 18.8 Å². The first kappa shape index (κ1) is 14.2. The van der Waals surface area contributed by atoms with Crippen LogP contribution in [0.4, 0.5) is 27.1 Å². The number of hydrogen-bond acceptors (Lipinski definition) is 3. The van der Waals surface area contributed by atoms with E-state index in [2.05, 4.69) is 24.1 Å². The Balaban J connectivity index is 2.14. The molecule has 0 unspecified atom stereocenters. The molecule has 3 N–H and O–H groups in total. The summed E-state index contributed by atoms with van der Waals surface area (Å²) in [6.45, 7) is 6.19. The number of nitrogens with zero attached hydrogens (tertiary/aromatic N) is 1. The fourth-order valence-corrected chi connectivity index (χ4v) is 2.13. The van der Waals surface area contributed by atoms with Crippen LogP contribution >= 0.6 is 0 Å². The van der Waals surface area contributed by atoms with Gasteiger partial charge < -0.3 is 16.0 Å². The summed E-state index contributed by atoms with van der Waals surface area (Å²) in [4.78, 5) is 2.26. The Morgan fingerprint density at radius 2 is 1.70 bits per heavy atom. The van der Waals surface area contributed by atoms with Crippen molar-refractivity contribution >= 4 is 22.7 Å². The number of anilines is 4. The molecule has 0 saturated carbocycles. The zero-order valence-electron chi connectivity index (χ0n) is 11.9. The van der Waals surface area contributed by atoms with E-state index in [1.54, 1.807) is 12.1 Å². The fourth-order valence-electron chi connectivity index (χ4n) is 2.13. The molecule has 0 aliphatic heterocycles. The van der Waals surface area contributed by atoms with E-state index in [4.69, 9.17) is 5.73 Å². The molecule has 0 atom stereocenters. The summed E-state index contributed by atoms with van der Waals surface area (Å²) in [5.41, 5.74) is 8.39. The van der Waals surface area contributed by atoms with Crippen LogP contribution in [0.3, 0.4) is 0 Å². The monoisotopic (exact) mass is 273 g/mol. The minimum absolute atomic E-state index is 0.349. The van der Waals surface area contributed by atoms with Crippen LogP contribution in [0, 0.1) is 5.82 Å². The molecule has 2 rings (SSSR count). The zero-order chi connectivity index (χ0) is 14.5. The van der Waals surface area contributed by atoms with Crippen LogP contribution in [-0.2, 0) is 0 Å². The lowest BCUT2D eigenvalue weighted by Crippen LogP contribution is -2.21. The van der Waals surface area contributed by atoms with Gasteiger partial charge in [0.1, 0.15) is 5.82 Å². The van der Waals surface area contributed by atoms with Gasteiger partial charge in [0.05, 0.1) is 5.69 Å². The second-order valence-corrected chi connectivity index (χ2v) is 4.58. The van der Waals surface area contributed by atoms with E-state index in [9.17, 15) is 4.39 Å². The van der Waals surface area contributed by atoms with E-state index in [1.165, 1.54) is 11.8 Å². The number of nitrogen functional groups attached to an aromatic ring is 1. The topological polar surface area (TPSA) is 41.3 Å². The summed E-state index contributed by atoms with van der Waals surface area (Å²) >= 11 is 0. The molecule has 3 nitrogen and oxygen atoms in total. The van der Waals surface area contributed by atoms with Gasteiger partial charge in [-0.15, -0.1) is 0 Å². The molecule has 0 fully saturated rings. The minimum atomic E-state index is -0.349. The highest BCUT2D eigenvalue weighted by Crippen LogP contribution is 2.24. The molecule has 0 heterocycles. The van der Waals surface area contributed by atoms with Gasteiger partial charge in [0.15, 0.2) is 0 Å². The number of rotatable bonds is 5. The minimum Gasteiger partial charge on any atom is -0.399 e. The molecule has 0 radical (unpaired) electrons. The molecule has 2 aromatic carbocycles. The number of hydrogen-bond donors (Lipinski definition) is 2. The van der Waals surface area contributed by atoms with Crippen molar-refractivity contribution in [2.75, 3.05) is 29.0 Å². The Hall–Kier alpha value is -2.23. The number of nitrogens with one attached hydrogen (secondary N) is 1. The van der Waals surface area contributed by atoms with Gasteiger partial charge in [-0.05, 0) is 56.3 Å². The van der Waals surface area contributed by atoms with Crippen LogP contribution in [0.15, 0.2) is 42.5 Å². The van der Waals surface area contributed by atoms with Crippen molar-refractivity contribution in [3.05, 3.63) is 48.3 Å². The van der Waals surface area contributed by atoms with Gasteiger partial charge >= 0.3 is 0 Å². The van der Waals surface area contributed by atoms with E-state index in [-0.39, 0.29) is 5.82 Å². The van der Waals surface area contributed by atoms with Crippen LogP contribution in [0.1, 0.15) is 13.8 Å². The van der Waals surface area contributed by atoms with Gasteiger partial charge in [0, 0.05) is 30.2 Å². The number of nitrogens with two attached hydrogens (primary N) is 1. The first-order valence-electron chi connectivity index (χ1n) is 6.81.